The van der Waals surface area contributed by atoms with Crippen molar-refractivity contribution in [3.05, 3.63) is 76.1 Å². The molecule has 0 aliphatic rings. The number of carbonyl (C=O) groups excluding carboxylic acids is 1. The number of rotatable bonds is 6. The van der Waals surface area contributed by atoms with Gasteiger partial charge in [-0.05, 0) is 42.0 Å². The molecule has 7 nitrogen and oxygen atoms in total. The number of amides is 1. The van der Waals surface area contributed by atoms with Crippen LogP contribution in [-0.2, 0) is 24.3 Å². The minimum absolute atomic E-state index is 0.200. The number of aryl methyl sites for hydroxylation is 1. The lowest BCUT2D eigenvalue weighted by Gasteiger charge is -2.11. The molecule has 8 heteroatoms. The largest absolute Gasteiger partial charge is 0.497 e. The minimum atomic E-state index is -0.400. The van der Waals surface area contributed by atoms with Crippen molar-refractivity contribution in [1.29, 1.82) is 0 Å². The number of ether oxygens (including phenoxy) is 1. The average Bonchev–Trinajstić information content (AvgIpc) is 3.13. The van der Waals surface area contributed by atoms with Crippen molar-refractivity contribution in [2.45, 2.75) is 26.4 Å². The van der Waals surface area contributed by atoms with Gasteiger partial charge in [0.1, 0.15) is 29.5 Å². The molecule has 0 unspecified atom stereocenters. The number of methoxy groups -OCH3 is 1. The topological polar surface area (TPSA) is 77.6 Å². The summed E-state index contributed by atoms with van der Waals surface area (Å²) in [6.07, 6.45) is 0.547. The van der Waals surface area contributed by atoms with Crippen molar-refractivity contribution in [2.24, 2.45) is 0 Å². The van der Waals surface area contributed by atoms with Crippen LogP contribution in [0.1, 0.15) is 18.3 Å². The second-order valence-electron chi connectivity index (χ2n) is 6.93. The van der Waals surface area contributed by atoms with Gasteiger partial charge in [0.25, 0.3) is 5.56 Å². The maximum absolute atomic E-state index is 13.6. The molecule has 0 saturated heterocycles. The van der Waals surface area contributed by atoms with Crippen molar-refractivity contribution in [1.82, 2.24) is 19.5 Å². The number of halogens is 1. The molecule has 1 N–H and O–H groups in total. The van der Waals surface area contributed by atoms with Crippen LogP contribution in [0.3, 0.4) is 0 Å². The number of fused-ring (bicyclic) bond motifs is 3. The molecule has 0 bridgehead atoms. The van der Waals surface area contributed by atoms with E-state index in [-0.39, 0.29) is 18.3 Å². The van der Waals surface area contributed by atoms with Crippen molar-refractivity contribution >= 4 is 22.3 Å². The Bertz CT molecular complexity index is 1290. The molecule has 2 heterocycles. The SMILES string of the molecule is CCc1nn(CC(=O)NCc2ccc(OC)cc2)c(=O)c2cc3cc(F)ccc3n12. The Hall–Kier alpha value is -3.68. The monoisotopic (exact) mass is 408 g/mol. The Morgan fingerprint density at radius 2 is 1.90 bits per heavy atom. The van der Waals surface area contributed by atoms with Gasteiger partial charge in [-0.1, -0.05) is 19.1 Å². The third-order valence-corrected chi connectivity index (χ3v) is 4.97. The first-order chi connectivity index (χ1) is 14.5. The third-order valence-electron chi connectivity index (χ3n) is 4.97. The van der Waals surface area contributed by atoms with E-state index in [0.29, 0.717) is 35.2 Å². The summed E-state index contributed by atoms with van der Waals surface area (Å²) in [5.41, 5.74) is 1.59. The molecule has 2 aromatic heterocycles. The molecule has 0 atom stereocenters. The smallest absolute Gasteiger partial charge is 0.291 e. The Morgan fingerprint density at radius 3 is 2.60 bits per heavy atom. The van der Waals surface area contributed by atoms with E-state index in [0.717, 1.165) is 16.0 Å². The predicted octanol–water partition coefficient (Wildman–Crippen LogP) is 2.68. The summed E-state index contributed by atoms with van der Waals surface area (Å²) in [5, 5.41) is 7.79. The van der Waals surface area contributed by atoms with Crippen LogP contribution in [0.2, 0.25) is 0 Å². The van der Waals surface area contributed by atoms with E-state index in [9.17, 15) is 14.0 Å². The predicted molar refractivity (Wildman–Crippen MR) is 111 cm³/mol. The van der Waals surface area contributed by atoms with Crippen LogP contribution >= 0.6 is 0 Å². The van der Waals surface area contributed by atoms with Gasteiger partial charge in [-0.15, -0.1) is 0 Å². The van der Waals surface area contributed by atoms with Crippen molar-refractivity contribution in [3.8, 4) is 5.75 Å². The maximum atomic E-state index is 13.6. The molecule has 0 spiro atoms. The summed E-state index contributed by atoms with van der Waals surface area (Å²) in [5.74, 6) is 0.659. The van der Waals surface area contributed by atoms with E-state index in [1.165, 1.54) is 12.1 Å². The number of aromatic nitrogens is 3. The first kappa shape index (κ1) is 19.6. The molecular weight excluding hydrogens is 387 g/mol. The van der Waals surface area contributed by atoms with Crippen LogP contribution in [-0.4, -0.2) is 27.2 Å². The van der Waals surface area contributed by atoms with Crippen LogP contribution in [0.5, 0.6) is 5.75 Å². The quantitative estimate of drug-likeness (QED) is 0.532. The number of nitrogens with zero attached hydrogens (tertiary/aromatic N) is 3. The molecule has 0 fully saturated rings. The molecule has 4 aromatic rings. The van der Waals surface area contributed by atoms with E-state index < -0.39 is 5.56 Å². The highest BCUT2D eigenvalue weighted by molar-refractivity contribution is 5.87. The van der Waals surface area contributed by atoms with Gasteiger partial charge < -0.3 is 10.1 Å². The normalized spacial score (nSPS) is 11.2. The highest BCUT2D eigenvalue weighted by Crippen LogP contribution is 2.20. The van der Waals surface area contributed by atoms with Crippen LogP contribution in [0.25, 0.3) is 16.4 Å². The first-order valence-corrected chi connectivity index (χ1v) is 9.60. The minimum Gasteiger partial charge on any atom is -0.497 e. The molecule has 0 saturated carbocycles. The van der Waals surface area contributed by atoms with Crippen molar-refractivity contribution < 1.29 is 13.9 Å². The number of benzene rings is 2. The van der Waals surface area contributed by atoms with E-state index in [1.54, 1.807) is 23.6 Å². The molecular formula is C22H21FN4O3. The van der Waals surface area contributed by atoms with E-state index in [2.05, 4.69) is 10.4 Å². The van der Waals surface area contributed by atoms with Gasteiger partial charge in [0, 0.05) is 18.4 Å². The molecule has 154 valence electrons. The van der Waals surface area contributed by atoms with Gasteiger partial charge in [0.15, 0.2) is 0 Å². The highest BCUT2D eigenvalue weighted by Gasteiger charge is 2.15. The molecule has 0 radical (unpaired) electrons. The molecule has 0 aliphatic heterocycles. The molecule has 2 aromatic carbocycles. The average molecular weight is 408 g/mol. The van der Waals surface area contributed by atoms with E-state index in [4.69, 9.17) is 4.74 Å². The van der Waals surface area contributed by atoms with Gasteiger partial charge in [-0.25, -0.2) is 9.07 Å². The Balaban J connectivity index is 1.60. The number of carbonyl (C=O) groups is 1. The van der Waals surface area contributed by atoms with Gasteiger partial charge >= 0.3 is 0 Å². The fraction of sp³-hybridized carbons (Fsp3) is 0.227. The van der Waals surface area contributed by atoms with Gasteiger partial charge in [0.2, 0.25) is 5.91 Å². The summed E-state index contributed by atoms with van der Waals surface area (Å²) >= 11 is 0. The van der Waals surface area contributed by atoms with Crippen LogP contribution in [0, 0.1) is 5.82 Å². The second-order valence-corrected chi connectivity index (χ2v) is 6.93. The Kier molecular flexibility index (Phi) is 5.22. The van der Waals surface area contributed by atoms with E-state index in [1.807, 2.05) is 31.2 Å². The number of nitrogens with one attached hydrogen (secondary N) is 1. The Morgan fingerprint density at radius 1 is 1.13 bits per heavy atom. The lowest BCUT2D eigenvalue weighted by atomic mass is 10.2. The zero-order chi connectivity index (χ0) is 21.3. The summed E-state index contributed by atoms with van der Waals surface area (Å²) in [7, 11) is 1.59. The lowest BCUT2D eigenvalue weighted by Crippen LogP contribution is -2.35. The number of hydrogen-bond acceptors (Lipinski definition) is 4. The maximum Gasteiger partial charge on any atom is 0.291 e. The summed E-state index contributed by atoms with van der Waals surface area (Å²) in [6.45, 7) is 2.04. The number of hydrogen-bond donors (Lipinski definition) is 1. The third kappa shape index (κ3) is 3.63. The van der Waals surface area contributed by atoms with Crippen molar-refractivity contribution in [3.63, 3.8) is 0 Å². The van der Waals surface area contributed by atoms with Gasteiger partial charge in [-0.2, -0.15) is 5.10 Å². The molecule has 0 aliphatic carbocycles. The zero-order valence-corrected chi connectivity index (χ0v) is 16.7. The first-order valence-electron chi connectivity index (χ1n) is 9.60. The van der Waals surface area contributed by atoms with Crippen LogP contribution in [0.15, 0.2) is 53.3 Å². The summed E-state index contributed by atoms with van der Waals surface area (Å²) in [6, 6.07) is 13.3. The highest BCUT2D eigenvalue weighted by atomic mass is 19.1. The van der Waals surface area contributed by atoms with E-state index >= 15 is 0 Å². The fourth-order valence-electron chi connectivity index (χ4n) is 3.46. The summed E-state index contributed by atoms with van der Waals surface area (Å²) in [4.78, 5) is 25.3. The lowest BCUT2D eigenvalue weighted by molar-refractivity contribution is -0.122. The van der Waals surface area contributed by atoms with Crippen LogP contribution < -0.4 is 15.6 Å². The fourth-order valence-corrected chi connectivity index (χ4v) is 3.46. The Labute approximate surface area is 171 Å². The molecule has 30 heavy (non-hydrogen) atoms. The second kappa shape index (κ2) is 7.98. The van der Waals surface area contributed by atoms with Gasteiger partial charge in [-0.3, -0.25) is 14.0 Å². The molecule has 4 rings (SSSR count). The van der Waals surface area contributed by atoms with Crippen LogP contribution in [0.4, 0.5) is 4.39 Å². The summed E-state index contributed by atoms with van der Waals surface area (Å²) < 4.78 is 21.6. The van der Waals surface area contributed by atoms with Crippen molar-refractivity contribution in [2.75, 3.05) is 7.11 Å². The van der Waals surface area contributed by atoms with Gasteiger partial charge in [0.05, 0.1) is 12.6 Å². The molecule has 1 amide bonds. The zero-order valence-electron chi connectivity index (χ0n) is 16.7. The standard InChI is InChI=1S/C22H21FN4O3/c1-3-20-25-26(13-21(28)24-12-14-4-7-17(30-2)8-5-14)22(29)19-11-15-10-16(23)6-9-18(15)27(19)20/h4-11H,3,12-13H2,1-2H3,(H,24,28).